The van der Waals surface area contributed by atoms with Gasteiger partial charge in [-0.05, 0) is 18.5 Å². The van der Waals surface area contributed by atoms with Crippen LogP contribution in [0, 0.1) is 10.1 Å². The maximum absolute atomic E-state index is 10.5. The fourth-order valence-corrected chi connectivity index (χ4v) is 1.65. The van der Waals surface area contributed by atoms with Crippen LogP contribution in [0.25, 0.3) is 0 Å². The van der Waals surface area contributed by atoms with Crippen molar-refractivity contribution >= 4 is 18.1 Å². The molecule has 0 spiro atoms. The van der Waals surface area contributed by atoms with Crippen LogP contribution in [-0.4, -0.2) is 11.5 Å². The molecule has 1 N–H and O–H groups in total. The smallest absolute Gasteiger partial charge is 0.269 e. The molecule has 0 aliphatic carbocycles. The van der Waals surface area contributed by atoms with Crippen molar-refractivity contribution in [2.75, 3.05) is 6.54 Å². The minimum Gasteiger partial charge on any atom is -0.313 e. The van der Waals surface area contributed by atoms with Gasteiger partial charge in [0.05, 0.1) is 4.92 Å². The number of nitro groups is 1. The summed E-state index contributed by atoms with van der Waals surface area (Å²) in [5.41, 5.74) is 1.24. The number of unbranched alkanes of at least 4 members (excludes halogenated alkanes) is 3. The molecule has 0 amide bonds. The third-order valence-corrected chi connectivity index (χ3v) is 2.68. The normalized spacial score (nSPS) is 9.83. The van der Waals surface area contributed by atoms with E-state index in [1.54, 1.807) is 24.3 Å². The largest absolute Gasteiger partial charge is 0.313 e. The molecule has 0 unspecified atom stereocenters. The molecule has 0 heterocycles. The Kier molecular flexibility index (Phi) is 9.24. The predicted molar refractivity (Wildman–Crippen MR) is 76.2 cm³/mol. The standard InChI is InChI=1S/C13H20N2O2.ClH/c1-2-3-4-5-10-14-11-12-6-8-13(9-7-12)15(16)17;/h6-9,14H,2-5,10-11H2,1H3;1H. The monoisotopic (exact) mass is 272 g/mol. The van der Waals surface area contributed by atoms with Crippen LogP contribution in [0.15, 0.2) is 24.3 Å². The van der Waals surface area contributed by atoms with Crippen LogP contribution >= 0.6 is 12.4 Å². The van der Waals surface area contributed by atoms with Gasteiger partial charge in [-0.3, -0.25) is 10.1 Å². The molecule has 1 aromatic rings. The van der Waals surface area contributed by atoms with E-state index >= 15 is 0 Å². The van der Waals surface area contributed by atoms with Crippen molar-refractivity contribution in [3.8, 4) is 0 Å². The molecule has 1 rings (SSSR count). The summed E-state index contributed by atoms with van der Waals surface area (Å²) in [4.78, 5) is 10.1. The summed E-state index contributed by atoms with van der Waals surface area (Å²) in [7, 11) is 0. The fourth-order valence-electron chi connectivity index (χ4n) is 1.65. The lowest BCUT2D eigenvalue weighted by molar-refractivity contribution is -0.384. The van der Waals surface area contributed by atoms with Crippen molar-refractivity contribution in [2.24, 2.45) is 0 Å². The van der Waals surface area contributed by atoms with Crippen LogP contribution in [0.4, 0.5) is 5.69 Å². The van der Waals surface area contributed by atoms with E-state index in [-0.39, 0.29) is 23.0 Å². The third-order valence-electron chi connectivity index (χ3n) is 2.68. The molecule has 0 aliphatic heterocycles. The Morgan fingerprint density at radius 3 is 2.39 bits per heavy atom. The lowest BCUT2D eigenvalue weighted by Gasteiger charge is -2.04. The van der Waals surface area contributed by atoms with Crippen LogP contribution < -0.4 is 5.32 Å². The maximum Gasteiger partial charge on any atom is 0.269 e. The molecule has 18 heavy (non-hydrogen) atoms. The molecule has 102 valence electrons. The van der Waals surface area contributed by atoms with E-state index in [9.17, 15) is 10.1 Å². The number of benzene rings is 1. The molecule has 1 aromatic carbocycles. The Labute approximate surface area is 114 Å². The molecule has 0 fully saturated rings. The van der Waals surface area contributed by atoms with E-state index < -0.39 is 0 Å². The highest BCUT2D eigenvalue weighted by Gasteiger charge is 2.03. The topological polar surface area (TPSA) is 55.2 Å². The first-order chi connectivity index (χ1) is 8.24. The maximum atomic E-state index is 10.5. The number of nitrogens with zero attached hydrogens (tertiary/aromatic N) is 1. The third kappa shape index (κ3) is 6.57. The van der Waals surface area contributed by atoms with Crippen LogP contribution in [0.1, 0.15) is 38.2 Å². The predicted octanol–water partition coefficient (Wildman–Crippen LogP) is 3.69. The number of hydrogen-bond acceptors (Lipinski definition) is 3. The van der Waals surface area contributed by atoms with E-state index in [2.05, 4.69) is 12.2 Å². The number of nitrogens with one attached hydrogen (secondary N) is 1. The van der Waals surface area contributed by atoms with E-state index in [4.69, 9.17) is 0 Å². The minimum absolute atomic E-state index is 0. The van der Waals surface area contributed by atoms with Gasteiger partial charge in [0.2, 0.25) is 0 Å². The van der Waals surface area contributed by atoms with Crippen molar-refractivity contribution in [1.82, 2.24) is 5.32 Å². The van der Waals surface area contributed by atoms with Gasteiger partial charge in [-0.1, -0.05) is 38.3 Å². The molecule has 0 saturated carbocycles. The van der Waals surface area contributed by atoms with Crippen molar-refractivity contribution < 1.29 is 4.92 Å². The second-order valence-corrected chi connectivity index (χ2v) is 4.16. The molecular formula is C13H21ClN2O2. The minimum atomic E-state index is -0.373. The number of hydrogen-bond donors (Lipinski definition) is 1. The van der Waals surface area contributed by atoms with Crippen molar-refractivity contribution in [1.29, 1.82) is 0 Å². The fraction of sp³-hybridized carbons (Fsp3) is 0.538. The van der Waals surface area contributed by atoms with Gasteiger partial charge in [-0.2, -0.15) is 0 Å². The van der Waals surface area contributed by atoms with Gasteiger partial charge >= 0.3 is 0 Å². The second kappa shape index (κ2) is 9.85. The Balaban J connectivity index is 0.00000289. The molecule has 0 aliphatic rings. The Morgan fingerprint density at radius 1 is 1.17 bits per heavy atom. The molecule has 0 radical (unpaired) electrons. The quantitative estimate of drug-likeness (QED) is 0.446. The van der Waals surface area contributed by atoms with Crippen molar-refractivity contribution in [3.05, 3.63) is 39.9 Å². The molecular weight excluding hydrogens is 252 g/mol. The van der Waals surface area contributed by atoms with Crippen LogP contribution in [-0.2, 0) is 6.54 Å². The highest BCUT2D eigenvalue weighted by molar-refractivity contribution is 5.85. The molecule has 0 bridgehead atoms. The van der Waals surface area contributed by atoms with E-state index in [1.807, 2.05) is 0 Å². The van der Waals surface area contributed by atoms with Gasteiger partial charge in [0.15, 0.2) is 0 Å². The summed E-state index contributed by atoms with van der Waals surface area (Å²) < 4.78 is 0. The van der Waals surface area contributed by atoms with Crippen LogP contribution in [0.5, 0.6) is 0 Å². The zero-order valence-corrected chi connectivity index (χ0v) is 11.5. The average Bonchev–Trinajstić information content (AvgIpc) is 2.34. The summed E-state index contributed by atoms with van der Waals surface area (Å²) in [5.74, 6) is 0. The van der Waals surface area contributed by atoms with Gasteiger partial charge in [-0.15, -0.1) is 12.4 Å². The zero-order chi connectivity index (χ0) is 12.5. The Hall–Kier alpha value is -1.13. The highest BCUT2D eigenvalue weighted by atomic mass is 35.5. The first kappa shape index (κ1) is 16.9. The SMILES string of the molecule is CCCCCCNCc1ccc([N+](=O)[O-])cc1.Cl. The zero-order valence-electron chi connectivity index (χ0n) is 10.7. The van der Waals surface area contributed by atoms with Gasteiger partial charge in [0.25, 0.3) is 5.69 Å². The number of non-ortho nitro benzene ring substituents is 1. The first-order valence-electron chi connectivity index (χ1n) is 6.18. The molecule has 4 nitrogen and oxygen atoms in total. The van der Waals surface area contributed by atoms with Crippen LogP contribution in [0.2, 0.25) is 0 Å². The van der Waals surface area contributed by atoms with E-state index in [0.29, 0.717) is 0 Å². The highest BCUT2D eigenvalue weighted by Crippen LogP contribution is 2.11. The summed E-state index contributed by atoms with van der Waals surface area (Å²) in [6.07, 6.45) is 5.01. The Morgan fingerprint density at radius 2 is 1.83 bits per heavy atom. The van der Waals surface area contributed by atoms with Gasteiger partial charge in [0, 0.05) is 18.7 Å². The van der Waals surface area contributed by atoms with Crippen molar-refractivity contribution in [2.45, 2.75) is 39.2 Å². The van der Waals surface area contributed by atoms with Gasteiger partial charge in [-0.25, -0.2) is 0 Å². The molecule has 0 saturated heterocycles. The molecule has 0 aromatic heterocycles. The lowest BCUT2D eigenvalue weighted by Crippen LogP contribution is -2.14. The van der Waals surface area contributed by atoms with Gasteiger partial charge < -0.3 is 5.32 Å². The number of rotatable bonds is 8. The average molecular weight is 273 g/mol. The molecule has 0 atom stereocenters. The summed E-state index contributed by atoms with van der Waals surface area (Å²) >= 11 is 0. The number of nitro benzene ring substituents is 1. The van der Waals surface area contributed by atoms with E-state index in [0.717, 1.165) is 18.7 Å². The summed E-state index contributed by atoms with van der Waals surface area (Å²) in [6.45, 7) is 3.99. The first-order valence-corrected chi connectivity index (χ1v) is 6.18. The van der Waals surface area contributed by atoms with E-state index in [1.165, 1.54) is 25.7 Å². The lowest BCUT2D eigenvalue weighted by atomic mass is 10.2. The van der Waals surface area contributed by atoms with Crippen molar-refractivity contribution in [3.63, 3.8) is 0 Å². The number of halogens is 1. The second-order valence-electron chi connectivity index (χ2n) is 4.16. The Bertz CT molecular complexity index is 341. The van der Waals surface area contributed by atoms with Gasteiger partial charge in [0.1, 0.15) is 0 Å². The summed E-state index contributed by atoms with van der Waals surface area (Å²) in [5, 5.41) is 13.8. The molecule has 5 heteroatoms. The summed E-state index contributed by atoms with van der Waals surface area (Å²) in [6, 6.07) is 6.70. The van der Waals surface area contributed by atoms with Crippen LogP contribution in [0.3, 0.4) is 0 Å².